The number of ether oxygens (including phenoxy) is 2. The molecule has 0 aliphatic carbocycles. The summed E-state index contributed by atoms with van der Waals surface area (Å²) >= 11 is 0. The molecule has 1 aromatic rings. The fraction of sp³-hybridized carbons (Fsp3) is 0.700. The Morgan fingerprint density at radius 1 is 1.47 bits per heavy atom. The first kappa shape index (κ1) is 12.2. The van der Waals surface area contributed by atoms with Crippen LogP contribution in [0.2, 0.25) is 0 Å². The first-order chi connectivity index (χ1) is 7.26. The van der Waals surface area contributed by atoms with E-state index < -0.39 is 0 Å². The molecule has 5 heteroatoms. The number of nitrogens with zero attached hydrogens (tertiary/aromatic N) is 2. The van der Waals surface area contributed by atoms with Crippen LogP contribution in [-0.2, 0) is 22.9 Å². The minimum Gasteiger partial charge on any atom is -0.355 e. The number of methoxy groups -OCH3 is 2. The summed E-state index contributed by atoms with van der Waals surface area (Å²) in [5.41, 5.74) is 1.09. The zero-order chi connectivity index (χ0) is 11.1. The highest BCUT2D eigenvalue weighted by atomic mass is 16.7. The molecule has 0 radical (unpaired) electrons. The summed E-state index contributed by atoms with van der Waals surface area (Å²) in [4.78, 5) is 0. The van der Waals surface area contributed by atoms with Gasteiger partial charge in [0, 0.05) is 47.0 Å². The molecule has 15 heavy (non-hydrogen) atoms. The number of aryl methyl sites for hydroxylation is 1. The van der Waals surface area contributed by atoms with E-state index in [1.54, 1.807) is 14.2 Å². The van der Waals surface area contributed by atoms with Gasteiger partial charge < -0.3 is 14.8 Å². The minimum absolute atomic E-state index is 0.172. The van der Waals surface area contributed by atoms with Crippen molar-refractivity contribution >= 4 is 0 Å². The molecule has 0 aliphatic rings. The van der Waals surface area contributed by atoms with Crippen LogP contribution in [0.1, 0.15) is 5.69 Å². The maximum absolute atomic E-state index is 5.05. The van der Waals surface area contributed by atoms with Gasteiger partial charge in [0.1, 0.15) is 0 Å². The van der Waals surface area contributed by atoms with Gasteiger partial charge in [-0.15, -0.1) is 0 Å². The molecule has 0 aliphatic heterocycles. The number of nitrogens with one attached hydrogen (secondary N) is 1. The van der Waals surface area contributed by atoms with Crippen molar-refractivity contribution in [1.29, 1.82) is 0 Å². The van der Waals surface area contributed by atoms with Crippen LogP contribution in [0.3, 0.4) is 0 Å². The van der Waals surface area contributed by atoms with Crippen LogP contribution >= 0.6 is 0 Å². The monoisotopic (exact) mass is 213 g/mol. The molecule has 0 spiro atoms. The smallest absolute Gasteiger partial charge is 0.169 e. The molecule has 1 N–H and O–H groups in total. The van der Waals surface area contributed by atoms with E-state index in [0.717, 1.165) is 18.7 Å². The first-order valence-electron chi connectivity index (χ1n) is 5.01. The van der Waals surface area contributed by atoms with Gasteiger partial charge in [0.05, 0.1) is 5.69 Å². The standard InChI is InChI=1S/C10H19N3O2/c1-13-7-5-9(12-13)4-6-11-8-10(14-2)15-3/h5,7,10-11H,4,6,8H2,1-3H3. The molecule has 1 heterocycles. The lowest BCUT2D eigenvalue weighted by molar-refractivity contribution is -0.0986. The van der Waals surface area contributed by atoms with E-state index >= 15 is 0 Å². The van der Waals surface area contributed by atoms with Gasteiger partial charge in [-0.1, -0.05) is 0 Å². The zero-order valence-electron chi connectivity index (χ0n) is 9.56. The second-order valence-corrected chi connectivity index (χ2v) is 3.34. The third kappa shape index (κ3) is 4.42. The molecule has 0 aromatic carbocycles. The highest BCUT2D eigenvalue weighted by molar-refractivity contribution is 4.98. The second kappa shape index (κ2) is 6.55. The van der Waals surface area contributed by atoms with Crippen LogP contribution in [-0.4, -0.2) is 43.4 Å². The Labute approximate surface area is 90.4 Å². The summed E-state index contributed by atoms with van der Waals surface area (Å²) in [5.74, 6) is 0. The van der Waals surface area contributed by atoms with Gasteiger partial charge >= 0.3 is 0 Å². The van der Waals surface area contributed by atoms with Crippen molar-refractivity contribution in [1.82, 2.24) is 15.1 Å². The van der Waals surface area contributed by atoms with E-state index in [1.807, 2.05) is 24.0 Å². The Hall–Kier alpha value is -0.910. The molecular weight excluding hydrogens is 194 g/mol. The third-order valence-corrected chi connectivity index (χ3v) is 2.16. The highest BCUT2D eigenvalue weighted by Crippen LogP contribution is 1.94. The van der Waals surface area contributed by atoms with Crippen LogP contribution in [0.4, 0.5) is 0 Å². The SMILES string of the molecule is COC(CNCCc1ccn(C)n1)OC. The predicted molar refractivity (Wildman–Crippen MR) is 57.6 cm³/mol. The molecule has 0 atom stereocenters. The average molecular weight is 213 g/mol. The Morgan fingerprint density at radius 3 is 2.73 bits per heavy atom. The Bertz CT molecular complexity index is 271. The highest BCUT2D eigenvalue weighted by Gasteiger charge is 2.03. The third-order valence-electron chi connectivity index (χ3n) is 2.16. The van der Waals surface area contributed by atoms with Crippen LogP contribution < -0.4 is 5.32 Å². The van der Waals surface area contributed by atoms with Crippen LogP contribution in [0.25, 0.3) is 0 Å². The quantitative estimate of drug-likeness (QED) is 0.518. The molecule has 0 bridgehead atoms. The summed E-state index contributed by atoms with van der Waals surface area (Å²) in [6.07, 6.45) is 2.69. The number of aromatic nitrogens is 2. The van der Waals surface area contributed by atoms with Crippen molar-refractivity contribution in [3.8, 4) is 0 Å². The summed E-state index contributed by atoms with van der Waals surface area (Å²) in [7, 11) is 5.19. The molecule has 0 saturated carbocycles. The molecule has 0 amide bonds. The van der Waals surface area contributed by atoms with Gasteiger partial charge in [0.2, 0.25) is 0 Å². The molecular formula is C10H19N3O2. The van der Waals surface area contributed by atoms with E-state index in [9.17, 15) is 0 Å². The number of rotatable bonds is 7. The number of hydrogen-bond acceptors (Lipinski definition) is 4. The lowest BCUT2D eigenvalue weighted by atomic mass is 10.3. The zero-order valence-corrected chi connectivity index (χ0v) is 9.56. The molecule has 86 valence electrons. The van der Waals surface area contributed by atoms with Gasteiger partial charge in [-0.2, -0.15) is 5.10 Å². The minimum atomic E-state index is -0.172. The van der Waals surface area contributed by atoms with Crippen molar-refractivity contribution in [2.24, 2.45) is 7.05 Å². The summed E-state index contributed by atoms with van der Waals surface area (Å²) < 4.78 is 11.9. The maximum Gasteiger partial charge on any atom is 0.169 e. The van der Waals surface area contributed by atoms with Crippen molar-refractivity contribution in [2.45, 2.75) is 12.7 Å². The van der Waals surface area contributed by atoms with Crippen LogP contribution in [0, 0.1) is 0 Å². The van der Waals surface area contributed by atoms with Crippen molar-refractivity contribution in [3.05, 3.63) is 18.0 Å². The topological polar surface area (TPSA) is 48.3 Å². The van der Waals surface area contributed by atoms with E-state index in [1.165, 1.54) is 0 Å². The lowest BCUT2D eigenvalue weighted by Crippen LogP contribution is -2.31. The predicted octanol–water partition coefficient (Wildman–Crippen LogP) is 0.171. The molecule has 1 aromatic heterocycles. The lowest BCUT2D eigenvalue weighted by Gasteiger charge is -2.13. The second-order valence-electron chi connectivity index (χ2n) is 3.34. The molecule has 0 saturated heterocycles. The Kier molecular flexibility index (Phi) is 5.31. The Balaban J connectivity index is 2.11. The van der Waals surface area contributed by atoms with Crippen molar-refractivity contribution < 1.29 is 9.47 Å². The van der Waals surface area contributed by atoms with Gasteiger partial charge in [0.25, 0.3) is 0 Å². The normalized spacial score (nSPS) is 11.2. The molecule has 5 nitrogen and oxygen atoms in total. The average Bonchev–Trinajstić information content (AvgIpc) is 2.65. The van der Waals surface area contributed by atoms with Gasteiger partial charge in [-0.3, -0.25) is 4.68 Å². The fourth-order valence-electron chi connectivity index (χ4n) is 1.30. The fourth-order valence-corrected chi connectivity index (χ4v) is 1.30. The summed E-state index contributed by atoms with van der Waals surface area (Å²) in [6, 6.07) is 2.02. The number of hydrogen-bond donors (Lipinski definition) is 1. The summed E-state index contributed by atoms with van der Waals surface area (Å²) in [6.45, 7) is 1.57. The molecule has 0 fully saturated rings. The van der Waals surface area contributed by atoms with E-state index in [4.69, 9.17) is 9.47 Å². The maximum atomic E-state index is 5.05. The first-order valence-corrected chi connectivity index (χ1v) is 5.01. The van der Waals surface area contributed by atoms with Gasteiger partial charge in [0.15, 0.2) is 6.29 Å². The largest absolute Gasteiger partial charge is 0.355 e. The van der Waals surface area contributed by atoms with Crippen molar-refractivity contribution in [2.75, 3.05) is 27.3 Å². The molecule has 1 rings (SSSR count). The Morgan fingerprint density at radius 2 is 2.20 bits per heavy atom. The van der Waals surface area contributed by atoms with Gasteiger partial charge in [-0.25, -0.2) is 0 Å². The van der Waals surface area contributed by atoms with Crippen molar-refractivity contribution in [3.63, 3.8) is 0 Å². The van der Waals surface area contributed by atoms with Crippen LogP contribution in [0.15, 0.2) is 12.3 Å². The van der Waals surface area contributed by atoms with E-state index in [0.29, 0.717) is 6.54 Å². The molecule has 0 unspecified atom stereocenters. The van der Waals surface area contributed by atoms with Crippen LogP contribution in [0.5, 0.6) is 0 Å². The van der Waals surface area contributed by atoms with Gasteiger partial charge in [-0.05, 0) is 6.07 Å². The van der Waals surface area contributed by atoms with E-state index in [2.05, 4.69) is 10.4 Å². The van der Waals surface area contributed by atoms with E-state index in [-0.39, 0.29) is 6.29 Å². The summed E-state index contributed by atoms with van der Waals surface area (Å²) in [5, 5.41) is 7.53.